The van der Waals surface area contributed by atoms with Gasteiger partial charge in [-0.1, -0.05) is 43.9 Å². The molecule has 0 saturated carbocycles. The van der Waals surface area contributed by atoms with Crippen molar-refractivity contribution in [2.24, 2.45) is 0 Å². The minimum atomic E-state index is -0.750. The van der Waals surface area contributed by atoms with Crippen molar-refractivity contribution in [3.63, 3.8) is 0 Å². The second-order valence-electron chi connectivity index (χ2n) is 4.20. The lowest BCUT2D eigenvalue weighted by Gasteiger charge is -2.23. The molecule has 0 fully saturated rings. The van der Waals surface area contributed by atoms with E-state index >= 15 is 0 Å². The van der Waals surface area contributed by atoms with Crippen molar-refractivity contribution in [3.05, 3.63) is 48.1 Å². The number of methoxy groups -OCH3 is 1. The van der Waals surface area contributed by atoms with E-state index < -0.39 is 5.60 Å². The van der Waals surface area contributed by atoms with Gasteiger partial charge in [-0.3, -0.25) is 4.79 Å². The minimum Gasteiger partial charge on any atom is -0.366 e. The molecule has 0 spiro atoms. The number of rotatable bonds is 4. The van der Waals surface area contributed by atoms with E-state index in [1.807, 2.05) is 6.92 Å². The van der Waals surface area contributed by atoms with Crippen molar-refractivity contribution >= 4 is 5.78 Å². The molecular formula is C15H20O2. The molecule has 0 aromatic carbocycles. The summed E-state index contributed by atoms with van der Waals surface area (Å²) in [6, 6.07) is 0. The van der Waals surface area contributed by atoms with Gasteiger partial charge in [0.05, 0.1) is 0 Å². The molecule has 92 valence electrons. The lowest BCUT2D eigenvalue weighted by Crippen LogP contribution is -2.35. The Morgan fingerprint density at radius 1 is 1.47 bits per heavy atom. The van der Waals surface area contributed by atoms with Crippen LogP contribution in [0.2, 0.25) is 0 Å². The van der Waals surface area contributed by atoms with Crippen LogP contribution in [0.1, 0.15) is 26.7 Å². The highest BCUT2D eigenvalue weighted by Crippen LogP contribution is 2.27. The highest BCUT2D eigenvalue weighted by molar-refractivity contribution is 5.87. The van der Waals surface area contributed by atoms with E-state index in [1.54, 1.807) is 6.08 Å². The zero-order valence-electron chi connectivity index (χ0n) is 10.8. The number of carbonyl (C=O) groups excluding carboxylic acids is 1. The summed E-state index contributed by atoms with van der Waals surface area (Å²) in [5.74, 6) is 0.00694. The molecule has 0 aliphatic heterocycles. The van der Waals surface area contributed by atoms with Crippen molar-refractivity contribution < 1.29 is 9.53 Å². The maximum Gasteiger partial charge on any atom is 0.165 e. The number of hydrogen-bond acceptors (Lipinski definition) is 2. The summed E-state index contributed by atoms with van der Waals surface area (Å²) < 4.78 is 5.03. The molecular weight excluding hydrogens is 212 g/mol. The minimum absolute atomic E-state index is 0.00694. The predicted molar refractivity (Wildman–Crippen MR) is 70.8 cm³/mol. The van der Waals surface area contributed by atoms with Crippen LogP contribution < -0.4 is 0 Å². The normalized spacial score (nSPS) is 18.8. The lowest BCUT2D eigenvalue weighted by molar-refractivity contribution is -0.133. The highest BCUT2D eigenvalue weighted by Gasteiger charge is 2.28. The van der Waals surface area contributed by atoms with Crippen LogP contribution in [0.25, 0.3) is 0 Å². The topological polar surface area (TPSA) is 26.3 Å². The van der Waals surface area contributed by atoms with Crippen molar-refractivity contribution in [1.29, 1.82) is 0 Å². The average Bonchev–Trinajstić information content (AvgIpc) is 2.97. The smallest absolute Gasteiger partial charge is 0.165 e. The second-order valence-corrected chi connectivity index (χ2v) is 4.20. The first-order valence-electron chi connectivity index (χ1n) is 5.85. The number of ketones is 1. The molecule has 2 aliphatic carbocycles. The van der Waals surface area contributed by atoms with E-state index in [0.29, 0.717) is 6.42 Å². The number of allylic oxidation sites excluding steroid dienone is 6. The largest absolute Gasteiger partial charge is 0.366 e. The fourth-order valence-electron chi connectivity index (χ4n) is 1.92. The van der Waals surface area contributed by atoms with Gasteiger partial charge in [-0.25, -0.2) is 0 Å². The first-order chi connectivity index (χ1) is 8.07. The van der Waals surface area contributed by atoms with E-state index in [2.05, 4.69) is 30.9 Å². The maximum atomic E-state index is 11.0. The van der Waals surface area contributed by atoms with Crippen LogP contribution in [0.4, 0.5) is 0 Å². The highest BCUT2D eigenvalue weighted by atomic mass is 16.5. The maximum absolute atomic E-state index is 11.0. The van der Waals surface area contributed by atoms with Crippen molar-refractivity contribution in [1.82, 2.24) is 0 Å². The summed E-state index contributed by atoms with van der Waals surface area (Å²) >= 11 is 0. The molecule has 0 N–H and O–H groups in total. The molecule has 0 heterocycles. The zero-order valence-corrected chi connectivity index (χ0v) is 10.8. The van der Waals surface area contributed by atoms with E-state index in [0.717, 1.165) is 0 Å². The molecule has 0 aromatic rings. The third kappa shape index (κ3) is 3.04. The van der Waals surface area contributed by atoms with Crippen LogP contribution in [0, 0.1) is 0 Å². The van der Waals surface area contributed by atoms with Gasteiger partial charge in [0.2, 0.25) is 0 Å². The molecule has 2 nitrogen and oxygen atoms in total. The summed E-state index contributed by atoms with van der Waals surface area (Å²) in [4.78, 5) is 11.0. The summed E-state index contributed by atoms with van der Waals surface area (Å²) in [6.45, 7) is 6.95. The zero-order chi connectivity index (χ0) is 12.9. The van der Waals surface area contributed by atoms with Gasteiger partial charge >= 0.3 is 0 Å². The first-order valence-corrected chi connectivity index (χ1v) is 5.85. The molecule has 17 heavy (non-hydrogen) atoms. The molecule has 0 radical (unpaired) electrons. The van der Waals surface area contributed by atoms with Crippen molar-refractivity contribution in [3.8, 4) is 0 Å². The standard InChI is InChI=1S/C8H14O2.C7H6/c1-5-8(6-2,10-4)7(3)9;1-2-7-4-3-6(1)5-7/h5H,1,6H2,2-4H3;1-4H,5H2. The lowest BCUT2D eigenvalue weighted by atomic mass is 9.96. The number of hydrogen-bond donors (Lipinski definition) is 0. The van der Waals surface area contributed by atoms with Crippen molar-refractivity contribution in [2.45, 2.75) is 32.3 Å². The Kier molecular flexibility index (Phi) is 4.64. The van der Waals surface area contributed by atoms with E-state index in [1.165, 1.54) is 31.6 Å². The van der Waals surface area contributed by atoms with Gasteiger partial charge in [-0.15, -0.1) is 0 Å². The van der Waals surface area contributed by atoms with E-state index in [-0.39, 0.29) is 5.78 Å². The molecule has 2 rings (SSSR count). The van der Waals surface area contributed by atoms with Crippen LogP contribution in [0.15, 0.2) is 48.1 Å². The molecule has 0 aromatic heterocycles. The average molecular weight is 232 g/mol. The predicted octanol–water partition coefficient (Wildman–Crippen LogP) is 3.37. The quantitative estimate of drug-likeness (QED) is 0.695. The third-order valence-electron chi connectivity index (χ3n) is 3.25. The van der Waals surface area contributed by atoms with Gasteiger partial charge in [-0.2, -0.15) is 0 Å². The Bertz CT molecular complexity index is 373. The van der Waals surface area contributed by atoms with Crippen LogP contribution in [0.5, 0.6) is 0 Å². The Labute approximate surface area is 103 Å². The van der Waals surface area contributed by atoms with Crippen LogP contribution >= 0.6 is 0 Å². The summed E-state index contributed by atoms with van der Waals surface area (Å²) in [6.07, 6.45) is 12.1. The van der Waals surface area contributed by atoms with Gasteiger partial charge in [0.25, 0.3) is 0 Å². The third-order valence-corrected chi connectivity index (χ3v) is 3.25. The first kappa shape index (κ1) is 13.7. The number of fused-ring (bicyclic) bond motifs is 2. The fourth-order valence-corrected chi connectivity index (χ4v) is 1.92. The fraction of sp³-hybridized carbons (Fsp3) is 0.400. The molecule has 0 saturated heterocycles. The number of ether oxygens (including phenoxy) is 1. The van der Waals surface area contributed by atoms with Crippen LogP contribution in [-0.4, -0.2) is 18.5 Å². The van der Waals surface area contributed by atoms with Crippen molar-refractivity contribution in [2.75, 3.05) is 7.11 Å². The van der Waals surface area contributed by atoms with E-state index in [9.17, 15) is 4.79 Å². The molecule has 2 aliphatic rings. The summed E-state index contributed by atoms with van der Waals surface area (Å²) in [5.41, 5.74) is 2.19. The molecule has 2 bridgehead atoms. The molecule has 0 amide bonds. The van der Waals surface area contributed by atoms with Crippen LogP contribution in [0.3, 0.4) is 0 Å². The molecule has 2 heteroatoms. The second kappa shape index (κ2) is 5.78. The SMILES string of the molecule is C1=CC2=CC=C1C2.C=CC(CC)(OC)C(C)=O. The Morgan fingerprint density at radius 3 is 2.06 bits per heavy atom. The van der Waals surface area contributed by atoms with Gasteiger partial charge in [0, 0.05) is 7.11 Å². The Morgan fingerprint density at radius 2 is 2.00 bits per heavy atom. The Balaban J connectivity index is 0.000000177. The van der Waals surface area contributed by atoms with Gasteiger partial charge in [0.1, 0.15) is 5.60 Å². The van der Waals surface area contributed by atoms with Gasteiger partial charge < -0.3 is 4.74 Å². The number of Topliss-reactive ketones (excluding diaryl/α,β-unsaturated/α-hetero) is 1. The van der Waals surface area contributed by atoms with E-state index in [4.69, 9.17) is 4.74 Å². The number of carbonyl (C=O) groups is 1. The Hall–Kier alpha value is -1.41. The van der Waals surface area contributed by atoms with Gasteiger partial charge in [0.15, 0.2) is 5.78 Å². The summed E-state index contributed by atoms with van der Waals surface area (Å²) in [7, 11) is 1.52. The van der Waals surface area contributed by atoms with Crippen LogP contribution in [-0.2, 0) is 9.53 Å². The molecule has 1 unspecified atom stereocenters. The molecule has 1 atom stereocenters. The summed E-state index contributed by atoms with van der Waals surface area (Å²) in [5, 5.41) is 0. The monoisotopic (exact) mass is 232 g/mol. The van der Waals surface area contributed by atoms with Gasteiger partial charge in [-0.05, 0) is 30.9 Å².